The molecule has 0 bridgehead atoms. The van der Waals surface area contributed by atoms with Crippen molar-refractivity contribution in [3.63, 3.8) is 0 Å². The van der Waals surface area contributed by atoms with Crippen LogP contribution < -0.4 is 11.1 Å². The lowest BCUT2D eigenvalue weighted by molar-refractivity contribution is -0.120. The number of carbonyl (C=O) groups is 1. The van der Waals surface area contributed by atoms with E-state index in [0.717, 1.165) is 6.54 Å². The highest BCUT2D eigenvalue weighted by molar-refractivity contribution is 5.93. The summed E-state index contributed by atoms with van der Waals surface area (Å²) in [5, 5.41) is 2.74. The van der Waals surface area contributed by atoms with Crippen LogP contribution in [0, 0.1) is 0 Å². The Hall–Kier alpha value is -2.31. The van der Waals surface area contributed by atoms with Crippen LogP contribution >= 0.6 is 0 Å². The predicted octanol–water partition coefficient (Wildman–Crippen LogP) is 1.23. The summed E-state index contributed by atoms with van der Waals surface area (Å²) in [5.41, 5.74) is 7.52. The van der Waals surface area contributed by atoms with Crippen LogP contribution in [0.3, 0.4) is 0 Å². The van der Waals surface area contributed by atoms with E-state index in [9.17, 15) is 4.79 Å². The number of hydrogen-bond acceptors (Lipinski definition) is 5. The largest absolute Gasteiger partial charge is 0.326 e. The maximum atomic E-state index is 12.4. The van der Waals surface area contributed by atoms with Crippen molar-refractivity contribution in [3.8, 4) is 0 Å². The number of nitrogens with one attached hydrogen (secondary N) is 1. The van der Waals surface area contributed by atoms with Crippen molar-refractivity contribution >= 4 is 11.9 Å². The van der Waals surface area contributed by atoms with Crippen molar-refractivity contribution in [2.24, 2.45) is 5.73 Å². The highest BCUT2D eigenvalue weighted by atomic mass is 16.2. The molecule has 3 atom stereocenters. The quantitative estimate of drug-likeness (QED) is 0.887. The highest BCUT2D eigenvalue weighted by Crippen LogP contribution is 2.27. The number of carbonyl (C=O) groups excluding carboxylic acids is 1. The molecule has 1 amide bonds. The number of rotatable bonds is 4. The molecule has 0 saturated carbocycles. The van der Waals surface area contributed by atoms with Crippen molar-refractivity contribution < 1.29 is 4.79 Å². The summed E-state index contributed by atoms with van der Waals surface area (Å²) in [6.07, 6.45) is 3.20. The number of likely N-dealkylation sites (tertiary alicyclic amines) is 1. The Bertz CT molecular complexity index is 649. The second-order valence-corrected chi connectivity index (χ2v) is 5.87. The number of aromatic nitrogens is 2. The second kappa shape index (κ2) is 6.85. The van der Waals surface area contributed by atoms with Crippen LogP contribution in [-0.4, -0.2) is 45.9 Å². The van der Waals surface area contributed by atoms with Gasteiger partial charge in [0.1, 0.15) is 0 Å². The Balaban J connectivity index is 1.64. The predicted molar refractivity (Wildman–Crippen MR) is 88.9 cm³/mol. The van der Waals surface area contributed by atoms with Gasteiger partial charge in [0.2, 0.25) is 11.9 Å². The number of nitrogens with two attached hydrogens (primary N) is 1. The van der Waals surface area contributed by atoms with Crippen LogP contribution in [0.4, 0.5) is 5.95 Å². The first-order valence-corrected chi connectivity index (χ1v) is 7.77. The van der Waals surface area contributed by atoms with Gasteiger partial charge in [-0.1, -0.05) is 30.3 Å². The number of hydrogen-bond donors (Lipinski definition) is 2. The first kappa shape index (κ1) is 15.6. The minimum atomic E-state index is -0.279. The third kappa shape index (κ3) is 3.55. The second-order valence-electron chi connectivity index (χ2n) is 5.87. The minimum Gasteiger partial charge on any atom is -0.326 e. The average Bonchev–Trinajstić information content (AvgIpc) is 2.97. The maximum absolute atomic E-state index is 12.4. The highest BCUT2D eigenvalue weighted by Gasteiger charge is 2.35. The third-order valence-corrected chi connectivity index (χ3v) is 4.35. The molecule has 6 nitrogen and oxygen atoms in total. The standard InChI is InChI=1S/C17H21N5O/c1-12(16(23)21-17-19-8-5-9-20-17)22-10-14(15(18)11-22)13-6-3-2-4-7-13/h2-9,12,14-15H,10-11,18H2,1H3,(H,19,20,21,23)/t12?,14-,15+/m0/s1. The minimum absolute atomic E-state index is 0.0284. The van der Waals surface area contributed by atoms with Crippen LogP contribution in [0.5, 0.6) is 0 Å². The lowest BCUT2D eigenvalue weighted by Gasteiger charge is -2.23. The SMILES string of the molecule is CC(C(=O)Nc1ncccn1)N1C[C@@H](N)[C@H](c2ccccc2)C1. The Morgan fingerprint density at radius 1 is 1.22 bits per heavy atom. The van der Waals surface area contributed by atoms with Crippen LogP contribution in [-0.2, 0) is 4.79 Å². The first-order chi connectivity index (χ1) is 11.1. The molecule has 2 heterocycles. The molecule has 1 aromatic carbocycles. The molecule has 120 valence electrons. The summed E-state index contributed by atoms with van der Waals surface area (Å²) >= 11 is 0. The first-order valence-electron chi connectivity index (χ1n) is 7.77. The fraction of sp³-hybridized carbons (Fsp3) is 0.353. The fourth-order valence-electron chi connectivity index (χ4n) is 2.97. The molecule has 3 N–H and O–H groups in total. The van der Waals surface area contributed by atoms with Crippen LogP contribution in [0.2, 0.25) is 0 Å². The molecule has 1 unspecified atom stereocenters. The molecule has 1 saturated heterocycles. The normalized spacial score (nSPS) is 22.7. The Kier molecular flexibility index (Phi) is 4.64. The lowest BCUT2D eigenvalue weighted by Crippen LogP contribution is -2.42. The number of amides is 1. The van der Waals surface area contributed by atoms with E-state index in [-0.39, 0.29) is 23.9 Å². The molecule has 0 spiro atoms. The van der Waals surface area contributed by atoms with E-state index in [2.05, 4.69) is 32.3 Å². The van der Waals surface area contributed by atoms with Gasteiger partial charge >= 0.3 is 0 Å². The summed E-state index contributed by atoms with van der Waals surface area (Å²) in [4.78, 5) is 22.5. The van der Waals surface area contributed by atoms with Gasteiger partial charge in [0.05, 0.1) is 6.04 Å². The Morgan fingerprint density at radius 3 is 2.61 bits per heavy atom. The summed E-state index contributed by atoms with van der Waals surface area (Å²) in [6, 6.07) is 11.7. The van der Waals surface area contributed by atoms with Gasteiger partial charge in [-0.3, -0.25) is 15.0 Å². The van der Waals surface area contributed by atoms with Crippen molar-refractivity contribution in [2.45, 2.75) is 24.9 Å². The fourth-order valence-corrected chi connectivity index (χ4v) is 2.97. The van der Waals surface area contributed by atoms with Gasteiger partial charge in [0.25, 0.3) is 0 Å². The smallest absolute Gasteiger partial charge is 0.243 e. The molecule has 6 heteroatoms. The molecule has 23 heavy (non-hydrogen) atoms. The molecule has 1 aliphatic heterocycles. The topological polar surface area (TPSA) is 84.1 Å². The van der Waals surface area contributed by atoms with Crippen LogP contribution in [0.15, 0.2) is 48.8 Å². The summed E-state index contributed by atoms with van der Waals surface area (Å²) < 4.78 is 0. The average molecular weight is 311 g/mol. The van der Waals surface area contributed by atoms with Gasteiger partial charge in [-0.25, -0.2) is 9.97 Å². The van der Waals surface area contributed by atoms with E-state index in [0.29, 0.717) is 12.5 Å². The zero-order valence-corrected chi connectivity index (χ0v) is 13.1. The van der Waals surface area contributed by atoms with E-state index in [1.54, 1.807) is 18.5 Å². The molecule has 0 aliphatic carbocycles. The third-order valence-electron chi connectivity index (χ3n) is 4.35. The van der Waals surface area contributed by atoms with Crippen molar-refractivity contribution in [1.29, 1.82) is 0 Å². The molecule has 1 aliphatic rings. The lowest BCUT2D eigenvalue weighted by atomic mass is 9.95. The van der Waals surface area contributed by atoms with E-state index < -0.39 is 0 Å². The molecule has 2 aromatic rings. The zero-order valence-electron chi connectivity index (χ0n) is 13.1. The van der Waals surface area contributed by atoms with Gasteiger partial charge in [0, 0.05) is 37.4 Å². The zero-order chi connectivity index (χ0) is 16.2. The van der Waals surface area contributed by atoms with E-state index in [1.165, 1.54) is 5.56 Å². The number of nitrogens with zero attached hydrogens (tertiary/aromatic N) is 3. The maximum Gasteiger partial charge on any atom is 0.243 e. The molecule has 1 fully saturated rings. The Morgan fingerprint density at radius 2 is 1.91 bits per heavy atom. The van der Waals surface area contributed by atoms with Crippen molar-refractivity contribution in [1.82, 2.24) is 14.9 Å². The monoisotopic (exact) mass is 311 g/mol. The van der Waals surface area contributed by atoms with E-state index in [1.807, 2.05) is 25.1 Å². The van der Waals surface area contributed by atoms with Crippen LogP contribution in [0.1, 0.15) is 18.4 Å². The summed E-state index contributed by atoms with van der Waals surface area (Å²) in [6.45, 7) is 3.36. The van der Waals surface area contributed by atoms with Crippen molar-refractivity contribution in [3.05, 3.63) is 54.4 Å². The van der Waals surface area contributed by atoms with E-state index in [4.69, 9.17) is 5.73 Å². The number of anilines is 1. The van der Waals surface area contributed by atoms with Crippen molar-refractivity contribution in [2.75, 3.05) is 18.4 Å². The van der Waals surface area contributed by atoms with Crippen LogP contribution in [0.25, 0.3) is 0 Å². The molecule has 0 radical (unpaired) electrons. The summed E-state index contributed by atoms with van der Waals surface area (Å²) in [5.74, 6) is 0.462. The van der Waals surface area contributed by atoms with Gasteiger partial charge in [-0.2, -0.15) is 0 Å². The van der Waals surface area contributed by atoms with Gasteiger partial charge < -0.3 is 5.73 Å². The Labute approximate surface area is 135 Å². The molecular weight excluding hydrogens is 290 g/mol. The van der Waals surface area contributed by atoms with Gasteiger partial charge in [0.15, 0.2) is 0 Å². The van der Waals surface area contributed by atoms with E-state index >= 15 is 0 Å². The van der Waals surface area contributed by atoms with Gasteiger partial charge in [-0.15, -0.1) is 0 Å². The van der Waals surface area contributed by atoms with Gasteiger partial charge in [-0.05, 0) is 18.6 Å². The number of benzene rings is 1. The molecular formula is C17H21N5O. The summed E-state index contributed by atoms with van der Waals surface area (Å²) in [7, 11) is 0. The molecule has 3 rings (SSSR count). The molecule has 1 aromatic heterocycles.